The highest BCUT2D eigenvalue weighted by atomic mass is 32.2. The smallest absolute Gasteiger partial charge is 0.234 e. The number of piperazine rings is 1. The number of nitrogens with zero attached hydrogens (tertiary/aromatic N) is 2. The standard InChI is InChI=1S/C7H16N2O3S/c10-7-1-2-8-3-5-9(6-4-8)13(11)12/h10H,1-7H2,(H,11,12). The molecule has 0 bridgehead atoms. The topological polar surface area (TPSA) is 64.0 Å². The summed E-state index contributed by atoms with van der Waals surface area (Å²) < 4.78 is 21.0. The number of hydrogen-bond acceptors (Lipinski definition) is 3. The zero-order valence-corrected chi connectivity index (χ0v) is 8.37. The van der Waals surface area contributed by atoms with E-state index < -0.39 is 11.3 Å². The van der Waals surface area contributed by atoms with E-state index >= 15 is 0 Å². The molecule has 0 saturated carbocycles. The molecule has 0 aromatic heterocycles. The lowest BCUT2D eigenvalue weighted by atomic mass is 10.3. The minimum absolute atomic E-state index is 0.214. The van der Waals surface area contributed by atoms with Gasteiger partial charge in [0.05, 0.1) is 0 Å². The number of aliphatic hydroxyl groups is 1. The van der Waals surface area contributed by atoms with Crippen molar-refractivity contribution < 1.29 is 13.9 Å². The van der Waals surface area contributed by atoms with E-state index in [-0.39, 0.29) is 6.61 Å². The first-order valence-corrected chi connectivity index (χ1v) is 5.49. The SMILES string of the molecule is O=S(O)N1CCN(CCCO)CC1. The van der Waals surface area contributed by atoms with E-state index in [0.29, 0.717) is 13.1 Å². The molecule has 0 spiro atoms. The van der Waals surface area contributed by atoms with Crippen LogP contribution in [0, 0.1) is 0 Å². The average Bonchev–Trinajstić information content (AvgIpc) is 2.15. The third kappa shape index (κ3) is 3.70. The van der Waals surface area contributed by atoms with E-state index in [2.05, 4.69) is 4.90 Å². The van der Waals surface area contributed by atoms with Crippen molar-refractivity contribution >= 4 is 11.3 Å². The Morgan fingerprint density at radius 3 is 2.31 bits per heavy atom. The fourth-order valence-electron chi connectivity index (χ4n) is 1.40. The maximum atomic E-state index is 10.7. The van der Waals surface area contributed by atoms with Gasteiger partial charge in [-0.15, -0.1) is 0 Å². The second-order valence-electron chi connectivity index (χ2n) is 3.08. The molecule has 1 aliphatic rings. The Labute approximate surface area is 80.7 Å². The molecule has 1 heterocycles. The number of aliphatic hydroxyl groups excluding tert-OH is 1. The van der Waals surface area contributed by atoms with E-state index in [1.807, 2.05) is 0 Å². The van der Waals surface area contributed by atoms with Crippen molar-refractivity contribution in [3.8, 4) is 0 Å². The van der Waals surface area contributed by atoms with Crippen molar-refractivity contribution in [3.63, 3.8) is 0 Å². The van der Waals surface area contributed by atoms with Crippen LogP contribution in [0.25, 0.3) is 0 Å². The molecule has 0 aromatic carbocycles. The predicted octanol–water partition coefficient (Wildman–Crippen LogP) is -0.877. The van der Waals surface area contributed by atoms with Gasteiger partial charge in [-0.05, 0) is 6.42 Å². The van der Waals surface area contributed by atoms with Gasteiger partial charge < -0.3 is 10.0 Å². The van der Waals surface area contributed by atoms with Crippen molar-refractivity contribution in [2.45, 2.75) is 6.42 Å². The Bertz CT molecular complexity index is 171. The molecule has 1 aliphatic heterocycles. The van der Waals surface area contributed by atoms with Crippen LogP contribution in [0.15, 0.2) is 0 Å². The summed E-state index contributed by atoms with van der Waals surface area (Å²) in [6.07, 6.45) is 0.780. The molecular weight excluding hydrogens is 192 g/mol. The second-order valence-corrected chi connectivity index (χ2v) is 4.06. The Kier molecular flexibility index (Phi) is 4.82. The highest BCUT2D eigenvalue weighted by Crippen LogP contribution is 2.03. The second kappa shape index (κ2) is 5.66. The maximum absolute atomic E-state index is 10.7. The predicted molar refractivity (Wildman–Crippen MR) is 50.5 cm³/mol. The van der Waals surface area contributed by atoms with E-state index in [4.69, 9.17) is 9.66 Å². The van der Waals surface area contributed by atoms with Crippen molar-refractivity contribution in [3.05, 3.63) is 0 Å². The van der Waals surface area contributed by atoms with Gasteiger partial charge in [0.1, 0.15) is 0 Å². The first-order valence-electron chi connectivity index (χ1n) is 4.43. The molecule has 0 radical (unpaired) electrons. The van der Waals surface area contributed by atoms with Crippen molar-refractivity contribution in [1.29, 1.82) is 0 Å². The van der Waals surface area contributed by atoms with Crippen LogP contribution in [0.2, 0.25) is 0 Å². The normalized spacial score (nSPS) is 23.2. The average molecular weight is 208 g/mol. The van der Waals surface area contributed by atoms with E-state index in [9.17, 15) is 4.21 Å². The third-order valence-corrected chi connectivity index (χ3v) is 2.99. The first kappa shape index (κ1) is 11.1. The molecule has 1 saturated heterocycles. The summed E-state index contributed by atoms with van der Waals surface area (Å²) in [5.41, 5.74) is 0. The lowest BCUT2D eigenvalue weighted by molar-refractivity contribution is 0.170. The van der Waals surface area contributed by atoms with Crippen LogP contribution in [0.1, 0.15) is 6.42 Å². The van der Waals surface area contributed by atoms with Gasteiger partial charge in [0.15, 0.2) is 0 Å². The van der Waals surface area contributed by atoms with Crippen LogP contribution < -0.4 is 0 Å². The molecule has 13 heavy (non-hydrogen) atoms. The molecule has 1 fully saturated rings. The zero-order chi connectivity index (χ0) is 9.68. The van der Waals surface area contributed by atoms with Crippen LogP contribution in [0.4, 0.5) is 0 Å². The molecule has 1 atom stereocenters. The van der Waals surface area contributed by atoms with Crippen LogP contribution in [0.3, 0.4) is 0 Å². The zero-order valence-electron chi connectivity index (χ0n) is 7.56. The molecule has 0 aromatic rings. The molecule has 1 unspecified atom stereocenters. The molecule has 78 valence electrons. The highest BCUT2D eigenvalue weighted by Gasteiger charge is 2.19. The Hall–Kier alpha value is -0.0100. The summed E-state index contributed by atoms with van der Waals surface area (Å²) >= 11 is -1.82. The van der Waals surface area contributed by atoms with Crippen molar-refractivity contribution in [2.75, 3.05) is 39.3 Å². The van der Waals surface area contributed by atoms with E-state index in [1.54, 1.807) is 0 Å². The highest BCUT2D eigenvalue weighted by molar-refractivity contribution is 7.76. The Morgan fingerprint density at radius 1 is 1.23 bits per heavy atom. The molecular formula is C7H16N2O3S. The number of rotatable bonds is 4. The van der Waals surface area contributed by atoms with Gasteiger partial charge in [-0.25, -0.2) is 4.21 Å². The summed E-state index contributed by atoms with van der Waals surface area (Å²) in [5, 5.41) is 8.61. The largest absolute Gasteiger partial charge is 0.396 e. The van der Waals surface area contributed by atoms with Gasteiger partial charge in [-0.2, -0.15) is 4.31 Å². The third-order valence-electron chi connectivity index (χ3n) is 2.18. The van der Waals surface area contributed by atoms with Gasteiger partial charge in [0.25, 0.3) is 0 Å². The fourth-order valence-corrected chi connectivity index (χ4v) is 1.88. The summed E-state index contributed by atoms with van der Waals surface area (Å²) in [6.45, 7) is 3.98. The number of hydrogen-bond donors (Lipinski definition) is 2. The van der Waals surface area contributed by atoms with Crippen LogP contribution in [-0.4, -0.2) is 62.4 Å². The molecule has 1 rings (SSSR count). The van der Waals surface area contributed by atoms with E-state index in [0.717, 1.165) is 26.1 Å². The lowest BCUT2D eigenvalue weighted by Gasteiger charge is -2.31. The minimum Gasteiger partial charge on any atom is -0.396 e. The van der Waals surface area contributed by atoms with Crippen LogP contribution >= 0.6 is 0 Å². The molecule has 5 nitrogen and oxygen atoms in total. The molecule has 2 N–H and O–H groups in total. The summed E-state index contributed by atoms with van der Waals surface area (Å²) in [5.74, 6) is 0. The quantitative estimate of drug-likeness (QED) is 0.589. The molecule has 0 amide bonds. The van der Waals surface area contributed by atoms with Gasteiger partial charge >= 0.3 is 0 Å². The first-order chi connectivity index (χ1) is 6.24. The van der Waals surface area contributed by atoms with E-state index in [1.165, 1.54) is 4.31 Å². The maximum Gasteiger partial charge on any atom is 0.234 e. The van der Waals surface area contributed by atoms with Gasteiger partial charge in [0, 0.05) is 39.3 Å². The van der Waals surface area contributed by atoms with Crippen molar-refractivity contribution in [2.24, 2.45) is 0 Å². The summed E-state index contributed by atoms with van der Waals surface area (Å²) in [6, 6.07) is 0. The lowest BCUT2D eigenvalue weighted by Crippen LogP contribution is -2.47. The Morgan fingerprint density at radius 2 is 1.85 bits per heavy atom. The fraction of sp³-hybridized carbons (Fsp3) is 1.00. The van der Waals surface area contributed by atoms with Crippen LogP contribution in [-0.2, 0) is 11.3 Å². The minimum atomic E-state index is -1.82. The monoisotopic (exact) mass is 208 g/mol. The summed E-state index contributed by atoms with van der Waals surface area (Å²) in [7, 11) is 0. The van der Waals surface area contributed by atoms with Gasteiger partial charge in [-0.1, -0.05) is 0 Å². The van der Waals surface area contributed by atoms with Crippen molar-refractivity contribution in [1.82, 2.24) is 9.21 Å². The Balaban J connectivity index is 2.18. The molecule has 0 aliphatic carbocycles. The summed E-state index contributed by atoms with van der Waals surface area (Å²) in [4.78, 5) is 2.19. The van der Waals surface area contributed by atoms with Gasteiger partial charge in [0.2, 0.25) is 11.3 Å². The van der Waals surface area contributed by atoms with Gasteiger partial charge in [-0.3, -0.25) is 4.55 Å². The molecule has 6 heteroatoms. The van der Waals surface area contributed by atoms with Crippen LogP contribution in [0.5, 0.6) is 0 Å².